The van der Waals surface area contributed by atoms with Crippen LogP contribution in [0.2, 0.25) is 5.02 Å². The molecule has 5 nitrogen and oxygen atoms in total. The molecule has 146 valence electrons. The van der Waals surface area contributed by atoms with Gasteiger partial charge in [-0.3, -0.25) is 4.79 Å². The number of aromatic nitrogens is 1. The molecule has 0 saturated heterocycles. The number of fused-ring (bicyclic) bond motifs is 3. The molecule has 2 heterocycles. The predicted octanol–water partition coefficient (Wildman–Crippen LogP) is 4.55. The molecule has 0 spiro atoms. The van der Waals surface area contributed by atoms with Crippen molar-refractivity contribution in [2.24, 2.45) is 0 Å². The molecule has 0 radical (unpaired) electrons. The lowest BCUT2D eigenvalue weighted by Gasteiger charge is -2.30. The second-order valence-electron chi connectivity index (χ2n) is 7.01. The van der Waals surface area contributed by atoms with Crippen molar-refractivity contribution in [2.45, 2.75) is 25.9 Å². The van der Waals surface area contributed by atoms with E-state index >= 15 is 0 Å². The Labute approximate surface area is 173 Å². The molecule has 2 N–H and O–H groups in total. The Kier molecular flexibility index (Phi) is 5.64. The molecule has 2 aromatic carbocycles. The van der Waals surface area contributed by atoms with Gasteiger partial charge in [-0.2, -0.15) is 0 Å². The maximum absolute atomic E-state index is 12.5. The van der Waals surface area contributed by atoms with Gasteiger partial charge in [0.25, 0.3) is 0 Å². The first-order chi connectivity index (χ1) is 13.5. The number of ether oxygens (including phenoxy) is 1. The molecule has 0 saturated carbocycles. The number of carbonyl (C=O) groups is 1. The number of aryl methyl sites for hydroxylation is 1. The van der Waals surface area contributed by atoms with Gasteiger partial charge in [0.2, 0.25) is 0 Å². The fourth-order valence-electron chi connectivity index (χ4n) is 3.73. The fourth-order valence-corrected chi connectivity index (χ4v) is 4.74. The van der Waals surface area contributed by atoms with Gasteiger partial charge < -0.3 is 9.72 Å². The third-order valence-corrected chi connectivity index (χ3v) is 6.03. The molecule has 3 aromatic rings. The third-order valence-electron chi connectivity index (χ3n) is 4.99. The number of hydrogen-bond donors (Lipinski definition) is 2. The summed E-state index contributed by atoms with van der Waals surface area (Å²) in [7, 11) is 1.44. The lowest BCUT2D eigenvalue weighted by atomic mass is 9.93. The number of nitrogens with one attached hydrogen (secondary N) is 2. The Bertz CT molecular complexity index is 1020. The summed E-state index contributed by atoms with van der Waals surface area (Å²) >= 11 is 7.73. The van der Waals surface area contributed by atoms with Crippen LogP contribution in [0.15, 0.2) is 42.5 Å². The van der Waals surface area contributed by atoms with Gasteiger partial charge in [0, 0.05) is 46.8 Å². The first-order valence-corrected chi connectivity index (χ1v) is 10.3. The normalized spacial score (nSPS) is 16.9. The van der Waals surface area contributed by atoms with E-state index in [1.807, 2.05) is 18.2 Å². The van der Waals surface area contributed by atoms with Gasteiger partial charge in [0.1, 0.15) is 0 Å². The van der Waals surface area contributed by atoms with Gasteiger partial charge in [0.05, 0.1) is 19.6 Å². The van der Waals surface area contributed by atoms with E-state index in [1.165, 1.54) is 30.4 Å². The van der Waals surface area contributed by atoms with E-state index in [-0.39, 0.29) is 11.9 Å². The molecule has 0 aliphatic carbocycles. The van der Waals surface area contributed by atoms with E-state index in [9.17, 15) is 4.79 Å². The minimum absolute atomic E-state index is 0.230. The number of halogens is 1. The van der Waals surface area contributed by atoms with Crippen molar-refractivity contribution >= 4 is 40.6 Å². The monoisotopic (exact) mass is 415 g/mol. The van der Waals surface area contributed by atoms with E-state index < -0.39 is 0 Å². The molecule has 7 heteroatoms. The van der Waals surface area contributed by atoms with Gasteiger partial charge >= 0.3 is 5.97 Å². The molecule has 1 unspecified atom stereocenters. The van der Waals surface area contributed by atoms with Crippen LogP contribution in [0.1, 0.15) is 28.3 Å². The van der Waals surface area contributed by atoms with Gasteiger partial charge in [-0.05, 0) is 36.2 Å². The molecular weight excluding hydrogens is 394 g/mol. The topological polar surface area (TPSA) is 57.4 Å². The summed E-state index contributed by atoms with van der Waals surface area (Å²) in [5, 5.41) is 1.66. The first-order valence-electron chi connectivity index (χ1n) is 9.13. The largest absolute Gasteiger partial charge is 0.469 e. The maximum atomic E-state index is 12.5. The number of rotatable bonds is 5. The van der Waals surface area contributed by atoms with Crippen molar-refractivity contribution in [3.8, 4) is 0 Å². The Hall–Kier alpha value is -1.99. The third kappa shape index (κ3) is 3.91. The number of H-pyrrole nitrogens is 1. The SMILES string of the molecule is COC(=O)C1CN(SNCc2cccc(C)c2)Cc2[nH]c3ccc(Cl)cc3c21. The highest BCUT2D eigenvalue weighted by Gasteiger charge is 2.34. The molecule has 1 aliphatic rings. The number of benzene rings is 2. The maximum Gasteiger partial charge on any atom is 0.314 e. The van der Waals surface area contributed by atoms with E-state index in [4.69, 9.17) is 16.3 Å². The van der Waals surface area contributed by atoms with Crippen LogP contribution in [0.3, 0.4) is 0 Å². The Balaban J connectivity index is 1.54. The first kappa shape index (κ1) is 19.3. The van der Waals surface area contributed by atoms with Gasteiger partial charge in [-0.15, -0.1) is 0 Å². The Morgan fingerprint density at radius 2 is 2.21 bits per heavy atom. The number of aromatic amines is 1. The summed E-state index contributed by atoms with van der Waals surface area (Å²) in [5.41, 5.74) is 5.50. The van der Waals surface area contributed by atoms with Gasteiger partial charge in [-0.25, -0.2) is 9.03 Å². The molecule has 4 rings (SSSR count). The smallest absolute Gasteiger partial charge is 0.314 e. The van der Waals surface area contributed by atoms with Crippen molar-refractivity contribution in [1.29, 1.82) is 0 Å². The van der Waals surface area contributed by atoms with Gasteiger partial charge in [0.15, 0.2) is 0 Å². The highest BCUT2D eigenvalue weighted by Crippen LogP contribution is 2.38. The summed E-state index contributed by atoms with van der Waals surface area (Å²) in [5.74, 6) is -0.583. The van der Waals surface area contributed by atoms with Gasteiger partial charge in [-0.1, -0.05) is 41.4 Å². The molecular formula is C21H22ClN3O2S. The van der Waals surface area contributed by atoms with Crippen molar-refractivity contribution in [1.82, 2.24) is 14.0 Å². The minimum Gasteiger partial charge on any atom is -0.469 e. The van der Waals surface area contributed by atoms with Crippen LogP contribution >= 0.6 is 23.7 Å². The average Bonchev–Trinajstić information content (AvgIpc) is 3.04. The molecule has 1 aliphatic heterocycles. The number of methoxy groups -OCH3 is 1. The van der Waals surface area contributed by atoms with E-state index in [0.29, 0.717) is 18.1 Å². The van der Waals surface area contributed by atoms with Crippen molar-refractivity contribution in [3.05, 3.63) is 69.9 Å². The zero-order valence-corrected chi connectivity index (χ0v) is 17.4. The molecule has 1 aromatic heterocycles. The van der Waals surface area contributed by atoms with Crippen LogP contribution in [0, 0.1) is 6.92 Å². The zero-order chi connectivity index (χ0) is 19.7. The fraction of sp³-hybridized carbons (Fsp3) is 0.286. The van der Waals surface area contributed by atoms with E-state index in [1.54, 1.807) is 0 Å². The summed E-state index contributed by atoms with van der Waals surface area (Å²) in [6, 6.07) is 14.2. The lowest BCUT2D eigenvalue weighted by Crippen LogP contribution is -2.34. The molecule has 0 amide bonds. The average molecular weight is 416 g/mol. The highest BCUT2D eigenvalue weighted by molar-refractivity contribution is 7.95. The lowest BCUT2D eigenvalue weighted by molar-refractivity contribution is -0.142. The molecule has 0 fully saturated rings. The molecule has 1 atom stereocenters. The van der Waals surface area contributed by atoms with Crippen LogP contribution in [-0.4, -0.2) is 28.9 Å². The summed E-state index contributed by atoms with van der Waals surface area (Å²) < 4.78 is 10.6. The predicted molar refractivity (Wildman–Crippen MR) is 114 cm³/mol. The second kappa shape index (κ2) is 8.17. The standard InChI is InChI=1S/C21H22ClN3O2S/c1-13-4-3-5-14(8-13)10-23-28-25-11-17(21(26)27-2)20-16-9-15(22)6-7-18(16)24-19(20)12-25/h3-9,17,23-24H,10-12H2,1-2H3. The molecule has 0 bridgehead atoms. The Morgan fingerprint density at radius 1 is 1.36 bits per heavy atom. The highest BCUT2D eigenvalue weighted by atomic mass is 35.5. The summed E-state index contributed by atoms with van der Waals surface area (Å²) in [4.78, 5) is 16.0. The van der Waals surface area contributed by atoms with Crippen LogP contribution in [0.4, 0.5) is 0 Å². The van der Waals surface area contributed by atoms with Crippen LogP contribution in [0.25, 0.3) is 10.9 Å². The second-order valence-corrected chi connectivity index (χ2v) is 8.43. The zero-order valence-electron chi connectivity index (χ0n) is 15.8. The summed E-state index contributed by atoms with van der Waals surface area (Å²) in [6.07, 6.45) is 0. The number of nitrogens with zero attached hydrogens (tertiary/aromatic N) is 1. The number of esters is 1. The van der Waals surface area contributed by atoms with Crippen molar-refractivity contribution in [3.63, 3.8) is 0 Å². The number of hydrogen-bond acceptors (Lipinski definition) is 5. The number of carbonyl (C=O) groups excluding carboxylic acids is 1. The van der Waals surface area contributed by atoms with E-state index in [2.05, 4.69) is 45.2 Å². The quantitative estimate of drug-likeness (QED) is 0.472. The van der Waals surface area contributed by atoms with E-state index in [0.717, 1.165) is 28.7 Å². The van der Waals surface area contributed by atoms with Crippen molar-refractivity contribution < 1.29 is 9.53 Å². The van der Waals surface area contributed by atoms with Crippen LogP contribution < -0.4 is 4.72 Å². The van der Waals surface area contributed by atoms with Crippen LogP contribution in [-0.2, 0) is 22.6 Å². The molecule has 28 heavy (non-hydrogen) atoms. The summed E-state index contributed by atoms with van der Waals surface area (Å²) in [6.45, 7) is 4.12. The minimum atomic E-state index is -0.353. The van der Waals surface area contributed by atoms with Crippen LogP contribution in [0.5, 0.6) is 0 Å². The Morgan fingerprint density at radius 3 is 3.00 bits per heavy atom. The van der Waals surface area contributed by atoms with Crippen molar-refractivity contribution in [2.75, 3.05) is 13.7 Å².